The van der Waals surface area contributed by atoms with Crippen molar-refractivity contribution in [1.82, 2.24) is 20.4 Å². The first-order valence-electron chi connectivity index (χ1n) is 7.34. The van der Waals surface area contributed by atoms with Gasteiger partial charge in [0, 0.05) is 43.7 Å². The number of hydrogen-bond donors (Lipinski definition) is 2. The number of aromatic nitrogens is 2. The lowest BCUT2D eigenvalue weighted by Crippen LogP contribution is -2.35. The first kappa shape index (κ1) is 15.5. The predicted octanol–water partition coefficient (Wildman–Crippen LogP) is 1.80. The molecule has 1 amide bonds. The number of amides is 1. The van der Waals surface area contributed by atoms with Gasteiger partial charge in [-0.3, -0.25) is 9.48 Å². The molecular weight excluding hydrogens is 320 g/mol. The molecule has 0 aliphatic carbocycles. The van der Waals surface area contributed by atoms with Gasteiger partial charge in [0.2, 0.25) is 5.91 Å². The minimum absolute atomic E-state index is 0.0314. The summed E-state index contributed by atoms with van der Waals surface area (Å²) in [5.41, 5.74) is 1.12. The third kappa shape index (κ3) is 3.51. The van der Waals surface area contributed by atoms with Crippen LogP contribution in [0.5, 0.6) is 0 Å². The van der Waals surface area contributed by atoms with Gasteiger partial charge >= 0.3 is 0 Å². The molecule has 2 atom stereocenters. The molecule has 3 rings (SSSR count). The second kappa shape index (κ2) is 6.81. The fraction of sp³-hybridized carbons (Fsp3) is 0.467. The summed E-state index contributed by atoms with van der Waals surface area (Å²) in [5, 5.41) is 10.6. The summed E-state index contributed by atoms with van der Waals surface area (Å²) in [4.78, 5) is 13.6. The quantitative estimate of drug-likeness (QED) is 0.874. The van der Waals surface area contributed by atoms with Gasteiger partial charge in [-0.15, -0.1) is 11.3 Å². The van der Waals surface area contributed by atoms with Crippen molar-refractivity contribution in [1.29, 1.82) is 0 Å². The van der Waals surface area contributed by atoms with Gasteiger partial charge in [0.1, 0.15) is 0 Å². The summed E-state index contributed by atoms with van der Waals surface area (Å²) in [6, 6.07) is 3.90. The molecule has 3 heterocycles. The Balaban J connectivity index is 1.54. The molecule has 0 unspecified atom stereocenters. The van der Waals surface area contributed by atoms with E-state index in [9.17, 15) is 4.79 Å². The van der Waals surface area contributed by atoms with Gasteiger partial charge < -0.3 is 10.6 Å². The van der Waals surface area contributed by atoms with Crippen LogP contribution in [0.1, 0.15) is 16.4 Å². The molecule has 0 aromatic carbocycles. The summed E-state index contributed by atoms with van der Waals surface area (Å²) in [6.07, 6.45) is 4.66. The van der Waals surface area contributed by atoms with E-state index in [1.54, 1.807) is 16.0 Å². The van der Waals surface area contributed by atoms with Gasteiger partial charge in [-0.25, -0.2) is 0 Å². The molecular formula is C15H19ClN4OS. The first-order valence-corrected chi connectivity index (χ1v) is 8.54. The molecule has 118 valence electrons. The van der Waals surface area contributed by atoms with Crippen LogP contribution in [-0.2, 0) is 18.3 Å². The van der Waals surface area contributed by atoms with E-state index in [2.05, 4.69) is 15.7 Å². The Kier molecular flexibility index (Phi) is 4.81. The molecule has 1 fully saturated rings. The third-order valence-corrected chi connectivity index (χ3v) is 5.29. The first-order chi connectivity index (χ1) is 10.6. The molecule has 1 saturated heterocycles. The SMILES string of the molecule is Cn1cc([C@H]2CNC[C@@H]2C(=O)NCCc2ccc(Cl)s2)cn1. The number of hydrogen-bond acceptors (Lipinski definition) is 4. The van der Waals surface area contributed by atoms with Crippen LogP contribution in [0.3, 0.4) is 0 Å². The van der Waals surface area contributed by atoms with Gasteiger partial charge in [-0.2, -0.15) is 5.10 Å². The Bertz CT molecular complexity index is 654. The van der Waals surface area contributed by atoms with Gasteiger partial charge in [-0.1, -0.05) is 11.6 Å². The van der Waals surface area contributed by atoms with Crippen molar-refractivity contribution >= 4 is 28.8 Å². The summed E-state index contributed by atoms with van der Waals surface area (Å²) in [5.74, 6) is 0.280. The van der Waals surface area contributed by atoms with Crippen molar-refractivity contribution in [2.24, 2.45) is 13.0 Å². The topological polar surface area (TPSA) is 59.0 Å². The smallest absolute Gasteiger partial charge is 0.225 e. The van der Waals surface area contributed by atoms with Crippen LogP contribution in [0.15, 0.2) is 24.5 Å². The lowest BCUT2D eigenvalue weighted by Gasteiger charge is -2.16. The highest BCUT2D eigenvalue weighted by molar-refractivity contribution is 7.16. The zero-order valence-corrected chi connectivity index (χ0v) is 14.0. The van der Waals surface area contributed by atoms with Crippen LogP contribution >= 0.6 is 22.9 Å². The Morgan fingerprint density at radius 3 is 3.09 bits per heavy atom. The van der Waals surface area contributed by atoms with Crippen LogP contribution in [0.2, 0.25) is 4.34 Å². The molecule has 2 aromatic heterocycles. The van der Waals surface area contributed by atoms with E-state index < -0.39 is 0 Å². The van der Waals surface area contributed by atoms with Crippen LogP contribution in [0.4, 0.5) is 0 Å². The van der Waals surface area contributed by atoms with Gasteiger partial charge in [-0.05, 0) is 24.1 Å². The number of aryl methyl sites for hydroxylation is 1. The Labute approximate surface area is 138 Å². The largest absolute Gasteiger partial charge is 0.355 e. The maximum absolute atomic E-state index is 12.4. The zero-order valence-electron chi connectivity index (χ0n) is 12.4. The summed E-state index contributed by atoms with van der Waals surface area (Å²) in [7, 11) is 1.90. The number of carbonyl (C=O) groups excluding carboxylic acids is 1. The van der Waals surface area contributed by atoms with E-state index in [1.165, 1.54) is 4.88 Å². The summed E-state index contributed by atoms with van der Waals surface area (Å²) < 4.78 is 2.57. The number of nitrogens with one attached hydrogen (secondary N) is 2. The predicted molar refractivity (Wildman–Crippen MR) is 88.4 cm³/mol. The number of halogens is 1. The molecule has 7 heteroatoms. The van der Waals surface area contributed by atoms with Crippen molar-refractivity contribution in [3.05, 3.63) is 39.3 Å². The molecule has 1 aliphatic rings. The van der Waals surface area contributed by atoms with E-state index in [4.69, 9.17) is 11.6 Å². The monoisotopic (exact) mass is 338 g/mol. The number of rotatable bonds is 5. The lowest BCUT2D eigenvalue weighted by molar-refractivity contribution is -0.124. The second-order valence-corrected chi connectivity index (χ2v) is 7.37. The maximum Gasteiger partial charge on any atom is 0.225 e. The third-order valence-electron chi connectivity index (χ3n) is 4.00. The van der Waals surface area contributed by atoms with Crippen LogP contribution in [0.25, 0.3) is 0 Å². The van der Waals surface area contributed by atoms with E-state index in [0.29, 0.717) is 6.54 Å². The van der Waals surface area contributed by atoms with Crippen LogP contribution in [0, 0.1) is 5.92 Å². The van der Waals surface area contributed by atoms with Crippen molar-refractivity contribution < 1.29 is 4.79 Å². The zero-order chi connectivity index (χ0) is 15.5. The van der Waals surface area contributed by atoms with Crippen molar-refractivity contribution in [2.75, 3.05) is 19.6 Å². The van der Waals surface area contributed by atoms with Crippen molar-refractivity contribution in [3.8, 4) is 0 Å². The molecule has 0 spiro atoms. The van der Waals surface area contributed by atoms with Crippen LogP contribution < -0.4 is 10.6 Å². The Morgan fingerprint density at radius 1 is 1.55 bits per heavy atom. The van der Waals surface area contributed by atoms with Crippen molar-refractivity contribution in [3.63, 3.8) is 0 Å². The van der Waals surface area contributed by atoms with E-state index in [0.717, 1.165) is 29.4 Å². The lowest BCUT2D eigenvalue weighted by atomic mass is 9.90. The molecule has 2 N–H and O–H groups in total. The van der Waals surface area contributed by atoms with Gasteiger partial charge in [0.15, 0.2) is 0 Å². The highest BCUT2D eigenvalue weighted by Gasteiger charge is 2.34. The number of thiophene rings is 1. The molecule has 2 aromatic rings. The van der Waals surface area contributed by atoms with E-state index in [-0.39, 0.29) is 17.7 Å². The Hall–Kier alpha value is -1.37. The summed E-state index contributed by atoms with van der Waals surface area (Å²) >= 11 is 7.47. The normalized spacial score (nSPS) is 21.2. The number of carbonyl (C=O) groups is 1. The van der Waals surface area contributed by atoms with Gasteiger partial charge in [0.05, 0.1) is 16.5 Å². The highest BCUT2D eigenvalue weighted by atomic mass is 35.5. The summed E-state index contributed by atoms with van der Waals surface area (Å²) in [6.45, 7) is 2.19. The highest BCUT2D eigenvalue weighted by Crippen LogP contribution is 2.28. The number of nitrogens with zero attached hydrogens (tertiary/aromatic N) is 2. The standard InChI is InChI=1S/C15H19ClN4OS/c1-20-9-10(6-19-20)12-7-17-8-13(12)15(21)18-5-4-11-2-3-14(16)22-11/h2-3,6,9,12-13,17H,4-5,7-8H2,1H3,(H,18,21)/t12-,13+/m1/s1. The minimum Gasteiger partial charge on any atom is -0.355 e. The Morgan fingerprint density at radius 2 is 2.41 bits per heavy atom. The molecule has 0 saturated carbocycles. The fourth-order valence-corrected chi connectivity index (χ4v) is 3.95. The van der Waals surface area contributed by atoms with Crippen molar-refractivity contribution in [2.45, 2.75) is 12.3 Å². The fourth-order valence-electron chi connectivity index (χ4n) is 2.86. The molecule has 1 aliphatic heterocycles. The molecule has 5 nitrogen and oxygen atoms in total. The van der Waals surface area contributed by atoms with Gasteiger partial charge in [0.25, 0.3) is 0 Å². The average Bonchev–Trinajstić information content (AvgIpc) is 3.19. The minimum atomic E-state index is -0.0314. The molecule has 0 radical (unpaired) electrons. The van der Waals surface area contributed by atoms with E-state index >= 15 is 0 Å². The second-order valence-electron chi connectivity index (χ2n) is 5.57. The van der Waals surface area contributed by atoms with E-state index in [1.807, 2.05) is 31.6 Å². The van der Waals surface area contributed by atoms with Crippen LogP contribution in [-0.4, -0.2) is 35.3 Å². The maximum atomic E-state index is 12.4. The molecule has 22 heavy (non-hydrogen) atoms. The molecule has 0 bridgehead atoms. The average molecular weight is 339 g/mol.